The summed E-state index contributed by atoms with van der Waals surface area (Å²) in [4.78, 5) is 46.2. The maximum absolute atomic E-state index is 12.2. The Morgan fingerprint density at radius 1 is 1.33 bits per heavy atom. The number of primary amides is 1. The fourth-order valence-electron chi connectivity index (χ4n) is 2.92. The highest BCUT2D eigenvalue weighted by molar-refractivity contribution is 5.98. The van der Waals surface area contributed by atoms with Gasteiger partial charge in [0.05, 0.1) is 23.8 Å². The standard InChI is InChI=1S/C18H20N8O4/c1-8-15(17-24-10-3-2-9(16(20)21)4-11(10)25-17)22-7-26(8)6-14(28)23-12(18(29)30)5-13(19)27/h2-4,7,12H,5-6H2,1H3,(H2,19,27)(H3,20,21)(H,23,28)(H,24,25)(H,29,30). The summed E-state index contributed by atoms with van der Waals surface area (Å²) < 4.78 is 1.53. The van der Waals surface area contributed by atoms with Crippen molar-refractivity contribution >= 4 is 34.7 Å². The molecule has 0 saturated heterocycles. The fraction of sp³-hybridized carbons (Fsp3) is 0.222. The predicted octanol–water partition coefficient (Wildman–Crippen LogP) is -0.536. The molecule has 0 aliphatic rings. The van der Waals surface area contributed by atoms with Crippen molar-refractivity contribution in [2.75, 3.05) is 0 Å². The van der Waals surface area contributed by atoms with Gasteiger partial charge < -0.3 is 31.4 Å². The summed E-state index contributed by atoms with van der Waals surface area (Å²) in [6, 6.07) is 3.74. The number of nitrogens with two attached hydrogens (primary N) is 2. The maximum Gasteiger partial charge on any atom is 0.326 e. The van der Waals surface area contributed by atoms with E-state index in [-0.39, 0.29) is 12.4 Å². The Hall–Kier alpha value is -4.22. The number of aromatic nitrogens is 4. The van der Waals surface area contributed by atoms with Crippen molar-refractivity contribution in [1.29, 1.82) is 5.41 Å². The summed E-state index contributed by atoms with van der Waals surface area (Å²) in [5, 5.41) is 18.9. The SMILES string of the molecule is Cc1c(-c2nc3cc(C(=N)N)ccc3[nH]2)ncn1CC(=O)NC(CC(N)=O)C(=O)O. The third-order valence-corrected chi connectivity index (χ3v) is 4.47. The van der Waals surface area contributed by atoms with Crippen LogP contribution in [0.2, 0.25) is 0 Å². The van der Waals surface area contributed by atoms with Crippen LogP contribution in [0.3, 0.4) is 0 Å². The summed E-state index contributed by atoms with van der Waals surface area (Å²) in [5.74, 6) is -2.38. The zero-order valence-corrected chi connectivity index (χ0v) is 16.0. The normalized spacial score (nSPS) is 11.9. The molecule has 12 heteroatoms. The average molecular weight is 412 g/mol. The minimum atomic E-state index is -1.40. The second-order valence-corrected chi connectivity index (χ2v) is 6.67. The Kier molecular flexibility index (Phi) is 5.49. The first kappa shape index (κ1) is 20.5. The van der Waals surface area contributed by atoms with Crippen molar-refractivity contribution in [3.8, 4) is 11.5 Å². The molecular formula is C18H20N8O4. The van der Waals surface area contributed by atoms with Gasteiger partial charge in [-0.1, -0.05) is 0 Å². The molecule has 1 aromatic carbocycles. The Labute approximate surface area is 169 Å². The van der Waals surface area contributed by atoms with E-state index in [2.05, 4.69) is 20.3 Å². The van der Waals surface area contributed by atoms with Crippen molar-refractivity contribution in [2.24, 2.45) is 11.5 Å². The highest BCUT2D eigenvalue weighted by Crippen LogP contribution is 2.23. The number of aliphatic carboxylic acids is 1. The molecule has 8 N–H and O–H groups in total. The van der Waals surface area contributed by atoms with E-state index in [1.165, 1.54) is 10.9 Å². The number of carboxylic acids is 1. The number of hydrogen-bond donors (Lipinski definition) is 6. The number of aromatic amines is 1. The number of fused-ring (bicyclic) bond motifs is 1. The molecule has 0 fully saturated rings. The van der Waals surface area contributed by atoms with Gasteiger partial charge in [0.15, 0.2) is 5.82 Å². The number of carboxylic acid groups (broad SMARTS) is 1. The number of benzene rings is 1. The molecule has 0 aliphatic carbocycles. The molecule has 2 heterocycles. The van der Waals surface area contributed by atoms with Gasteiger partial charge in [-0.05, 0) is 25.1 Å². The zero-order valence-electron chi connectivity index (χ0n) is 16.0. The van der Waals surface area contributed by atoms with E-state index in [0.29, 0.717) is 28.3 Å². The third-order valence-electron chi connectivity index (χ3n) is 4.47. The summed E-state index contributed by atoms with van der Waals surface area (Å²) in [7, 11) is 0. The van der Waals surface area contributed by atoms with E-state index in [0.717, 1.165) is 5.52 Å². The molecule has 156 valence electrons. The summed E-state index contributed by atoms with van der Waals surface area (Å²) >= 11 is 0. The van der Waals surface area contributed by atoms with Gasteiger partial charge in [0, 0.05) is 11.3 Å². The van der Waals surface area contributed by atoms with Gasteiger partial charge >= 0.3 is 5.97 Å². The van der Waals surface area contributed by atoms with Crippen LogP contribution in [0.1, 0.15) is 17.7 Å². The number of carbonyl (C=O) groups is 3. The fourth-order valence-corrected chi connectivity index (χ4v) is 2.92. The Morgan fingerprint density at radius 2 is 2.07 bits per heavy atom. The molecule has 12 nitrogen and oxygen atoms in total. The quantitative estimate of drug-likeness (QED) is 0.210. The van der Waals surface area contributed by atoms with Crippen LogP contribution in [-0.2, 0) is 20.9 Å². The van der Waals surface area contributed by atoms with Crippen LogP contribution in [-0.4, -0.2) is 54.3 Å². The molecule has 2 aromatic heterocycles. The van der Waals surface area contributed by atoms with Crippen LogP contribution in [0, 0.1) is 12.3 Å². The number of nitrogens with zero attached hydrogens (tertiary/aromatic N) is 3. The van der Waals surface area contributed by atoms with Gasteiger partial charge in [0.2, 0.25) is 11.8 Å². The molecule has 1 atom stereocenters. The lowest BCUT2D eigenvalue weighted by atomic mass is 10.2. The van der Waals surface area contributed by atoms with Gasteiger partial charge in [-0.25, -0.2) is 14.8 Å². The number of H-pyrrole nitrogens is 1. The lowest BCUT2D eigenvalue weighted by molar-refractivity contribution is -0.143. The number of hydrogen-bond acceptors (Lipinski definition) is 6. The van der Waals surface area contributed by atoms with Crippen LogP contribution in [0.5, 0.6) is 0 Å². The van der Waals surface area contributed by atoms with Crippen molar-refractivity contribution in [3.63, 3.8) is 0 Å². The van der Waals surface area contributed by atoms with Crippen LogP contribution in [0.15, 0.2) is 24.5 Å². The van der Waals surface area contributed by atoms with Gasteiger partial charge in [-0.3, -0.25) is 15.0 Å². The highest BCUT2D eigenvalue weighted by atomic mass is 16.4. The molecule has 0 bridgehead atoms. The zero-order chi connectivity index (χ0) is 22.0. The lowest BCUT2D eigenvalue weighted by Crippen LogP contribution is -2.44. The number of amides is 2. The molecule has 3 aromatic rings. The third kappa shape index (κ3) is 4.27. The van der Waals surface area contributed by atoms with Crippen molar-refractivity contribution in [3.05, 3.63) is 35.8 Å². The van der Waals surface area contributed by atoms with Crippen molar-refractivity contribution in [2.45, 2.75) is 25.9 Å². The van der Waals surface area contributed by atoms with E-state index in [1.807, 2.05) is 0 Å². The summed E-state index contributed by atoms with van der Waals surface area (Å²) in [6.07, 6.45) is 0.929. The van der Waals surface area contributed by atoms with Gasteiger partial charge in [-0.2, -0.15) is 0 Å². The molecular weight excluding hydrogens is 392 g/mol. The van der Waals surface area contributed by atoms with Crippen LogP contribution in [0.4, 0.5) is 0 Å². The van der Waals surface area contributed by atoms with E-state index in [1.54, 1.807) is 25.1 Å². The molecule has 2 amide bonds. The second kappa shape index (κ2) is 8.03. The van der Waals surface area contributed by atoms with E-state index in [9.17, 15) is 14.4 Å². The first-order chi connectivity index (χ1) is 14.2. The van der Waals surface area contributed by atoms with Crippen LogP contribution in [0.25, 0.3) is 22.6 Å². The molecule has 0 radical (unpaired) electrons. The number of rotatable bonds is 8. The van der Waals surface area contributed by atoms with E-state index >= 15 is 0 Å². The molecule has 0 saturated carbocycles. The minimum Gasteiger partial charge on any atom is -0.480 e. The van der Waals surface area contributed by atoms with Gasteiger partial charge in [0.1, 0.15) is 24.1 Å². The number of nitrogens with one attached hydrogen (secondary N) is 3. The topological polar surface area (TPSA) is 206 Å². The largest absolute Gasteiger partial charge is 0.480 e. The van der Waals surface area contributed by atoms with Gasteiger partial charge in [0.25, 0.3) is 0 Å². The summed E-state index contributed by atoms with van der Waals surface area (Å²) in [5.41, 5.74) is 13.5. The second-order valence-electron chi connectivity index (χ2n) is 6.67. The van der Waals surface area contributed by atoms with Crippen LogP contribution >= 0.6 is 0 Å². The number of amidine groups is 1. The number of imidazole rings is 2. The first-order valence-electron chi connectivity index (χ1n) is 8.82. The van der Waals surface area contributed by atoms with Gasteiger partial charge in [-0.15, -0.1) is 0 Å². The Balaban J connectivity index is 1.79. The number of nitrogen functional groups attached to an aromatic ring is 1. The summed E-state index contributed by atoms with van der Waals surface area (Å²) in [6.45, 7) is 1.54. The first-order valence-corrected chi connectivity index (χ1v) is 8.82. The molecule has 3 rings (SSSR count). The smallest absolute Gasteiger partial charge is 0.326 e. The monoisotopic (exact) mass is 412 g/mol. The minimum absolute atomic E-state index is 0.0658. The van der Waals surface area contributed by atoms with E-state index in [4.69, 9.17) is 22.0 Å². The van der Waals surface area contributed by atoms with Crippen molar-refractivity contribution in [1.82, 2.24) is 24.8 Å². The Bertz CT molecular complexity index is 1160. The molecule has 0 aliphatic heterocycles. The number of carbonyl (C=O) groups excluding carboxylic acids is 2. The predicted molar refractivity (Wildman–Crippen MR) is 106 cm³/mol. The van der Waals surface area contributed by atoms with Crippen LogP contribution < -0.4 is 16.8 Å². The van der Waals surface area contributed by atoms with Crippen molar-refractivity contribution < 1.29 is 19.5 Å². The van der Waals surface area contributed by atoms with E-state index < -0.39 is 30.2 Å². The molecule has 30 heavy (non-hydrogen) atoms. The molecule has 1 unspecified atom stereocenters. The average Bonchev–Trinajstić information content (AvgIpc) is 3.23. The highest BCUT2D eigenvalue weighted by Gasteiger charge is 2.23. The Morgan fingerprint density at radius 3 is 2.70 bits per heavy atom. The lowest BCUT2D eigenvalue weighted by Gasteiger charge is -2.13. The maximum atomic E-state index is 12.2. The molecule has 0 spiro atoms.